The number of nitrogens with zero attached hydrogens (tertiary/aromatic N) is 3. The van der Waals surface area contributed by atoms with Gasteiger partial charge in [-0.25, -0.2) is 9.59 Å². The van der Waals surface area contributed by atoms with Crippen LogP contribution in [0.5, 0.6) is 5.75 Å². The van der Waals surface area contributed by atoms with Crippen LogP contribution < -0.4 is 4.74 Å². The zero-order valence-corrected chi connectivity index (χ0v) is 27.6. The zero-order valence-electron chi connectivity index (χ0n) is 26.1. The third-order valence-electron chi connectivity index (χ3n) is 7.51. The average molecular weight is 633 g/mol. The molecule has 1 aliphatic rings. The fraction of sp³-hybridized carbons (Fsp3) is 0.515. The molecule has 1 saturated heterocycles. The van der Waals surface area contributed by atoms with Crippen LogP contribution in [-0.4, -0.2) is 78.0 Å². The van der Waals surface area contributed by atoms with Crippen LogP contribution in [0.2, 0.25) is 10.0 Å². The molecule has 1 fully saturated rings. The van der Waals surface area contributed by atoms with E-state index in [1.54, 1.807) is 4.90 Å². The molecule has 8 nitrogen and oxygen atoms in total. The van der Waals surface area contributed by atoms with E-state index in [0.29, 0.717) is 56.3 Å². The van der Waals surface area contributed by atoms with Crippen LogP contribution >= 0.6 is 23.2 Å². The first-order valence-electron chi connectivity index (χ1n) is 15.0. The predicted octanol–water partition coefficient (Wildman–Crippen LogP) is 7.31. The molecule has 0 unspecified atom stereocenters. The van der Waals surface area contributed by atoms with Crippen LogP contribution in [0.15, 0.2) is 30.3 Å². The van der Waals surface area contributed by atoms with E-state index >= 15 is 0 Å². The van der Waals surface area contributed by atoms with Crippen LogP contribution in [0, 0.1) is 13.8 Å². The number of carbonyl (C=O) groups is 2. The van der Waals surface area contributed by atoms with E-state index < -0.39 is 5.60 Å². The van der Waals surface area contributed by atoms with Gasteiger partial charge in [0.15, 0.2) is 0 Å². The van der Waals surface area contributed by atoms with Crippen molar-refractivity contribution in [3.05, 3.63) is 62.8 Å². The van der Waals surface area contributed by atoms with E-state index in [1.807, 2.05) is 76.4 Å². The number of fused-ring (bicyclic) bond motifs is 1. The van der Waals surface area contributed by atoms with E-state index in [0.717, 1.165) is 51.5 Å². The minimum Gasteiger partial charge on any atom is -0.494 e. The number of esters is 1. The Morgan fingerprint density at radius 3 is 2.26 bits per heavy atom. The molecule has 2 heterocycles. The summed E-state index contributed by atoms with van der Waals surface area (Å²) in [5.41, 5.74) is 3.84. The Morgan fingerprint density at radius 2 is 1.63 bits per heavy atom. The van der Waals surface area contributed by atoms with E-state index in [4.69, 9.17) is 37.4 Å². The van der Waals surface area contributed by atoms with Gasteiger partial charge < -0.3 is 23.7 Å². The Labute approximate surface area is 264 Å². The lowest BCUT2D eigenvalue weighted by atomic mass is 10.1. The van der Waals surface area contributed by atoms with E-state index in [-0.39, 0.29) is 18.7 Å². The predicted molar refractivity (Wildman–Crippen MR) is 172 cm³/mol. The van der Waals surface area contributed by atoms with E-state index in [9.17, 15) is 9.59 Å². The molecule has 0 radical (unpaired) electrons. The highest BCUT2D eigenvalue weighted by Crippen LogP contribution is 2.31. The topological polar surface area (TPSA) is 73.2 Å². The number of amides is 1. The molecule has 0 atom stereocenters. The minimum absolute atomic E-state index is 0.280. The van der Waals surface area contributed by atoms with Gasteiger partial charge in [-0.1, -0.05) is 29.3 Å². The number of hydrogen-bond donors (Lipinski definition) is 0. The van der Waals surface area contributed by atoms with Crippen molar-refractivity contribution < 1.29 is 23.8 Å². The van der Waals surface area contributed by atoms with Crippen LogP contribution in [0.25, 0.3) is 10.9 Å². The summed E-state index contributed by atoms with van der Waals surface area (Å²) in [6.07, 6.45) is 1.07. The zero-order chi connectivity index (χ0) is 31.3. The maximum Gasteiger partial charge on any atom is 0.410 e. The second-order valence-corrected chi connectivity index (χ2v) is 12.8. The van der Waals surface area contributed by atoms with Gasteiger partial charge in [0.2, 0.25) is 0 Å². The second-order valence-electron chi connectivity index (χ2n) is 12.0. The van der Waals surface area contributed by atoms with Gasteiger partial charge in [-0.3, -0.25) is 4.90 Å². The van der Waals surface area contributed by atoms with Gasteiger partial charge in [-0.05, 0) is 95.3 Å². The largest absolute Gasteiger partial charge is 0.494 e. The average Bonchev–Trinajstić information content (AvgIpc) is 3.24. The first-order chi connectivity index (χ1) is 20.4. The third-order valence-corrected chi connectivity index (χ3v) is 8.35. The van der Waals surface area contributed by atoms with Crippen molar-refractivity contribution in [3.63, 3.8) is 0 Å². The summed E-state index contributed by atoms with van der Waals surface area (Å²) in [6, 6.07) is 9.65. The molecule has 0 saturated carbocycles. The highest BCUT2D eigenvalue weighted by molar-refractivity contribution is 6.32. The molecule has 0 spiro atoms. The van der Waals surface area contributed by atoms with Gasteiger partial charge in [-0.15, -0.1) is 0 Å². The first-order valence-corrected chi connectivity index (χ1v) is 15.7. The fourth-order valence-electron chi connectivity index (χ4n) is 5.46. The summed E-state index contributed by atoms with van der Waals surface area (Å²) in [5, 5.41) is 2.35. The molecule has 3 aromatic rings. The summed E-state index contributed by atoms with van der Waals surface area (Å²) in [5.74, 6) is 0.440. The van der Waals surface area contributed by atoms with Crippen molar-refractivity contribution in [2.24, 2.45) is 0 Å². The van der Waals surface area contributed by atoms with Crippen molar-refractivity contribution in [2.75, 3.05) is 45.9 Å². The van der Waals surface area contributed by atoms with Crippen LogP contribution in [-0.2, 0) is 22.4 Å². The number of rotatable bonds is 10. The molecule has 10 heteroatoms. The number of benzene rings is 2. The summed E-state index contributed by atoms with van der Waals surface area (Å²) >= 11 is 12.8. The third kappa shape index (κ3) is 8.37. The molecular weight excluding hydrogens is 589 g/mol. The summed E-state index contributed by atoms with van der Waals surface area (Å²) in [6.45, 7) is 16.1. The number of aryl methyl sites for hydroxylation is 3. The highest BCUT2D eigenvalue weighted by Gasteiger charge is 2.27. The molecule has 0 N–H and O–H groups in total. The highest BCUT2D eigenvalue weighted by atomic mass is 35.5. The Balaban J connectivity index is 1.50. The Kier molecular flexibility index (Phi) is 10.9. The molecule has 0 bridgehead atoms. The number of piperazine rings is 1. The quantitative estimate of drug-likeness (QED) is 0.173. The van der Waals surface area contributed by atoms with Crippen molar-refractivity contribution in [2.45, 2.75) is 66.5 Å². The van der Waals surface area contributed by atoms with Crippen LogP contribution in [0.4, 0.5) is 4.79 Å². The van der Waals surface area contributed by atoms with E-state index in [1.165, 1.54) is 0 Å². The maximum atomic E-state index is 13.4. The molecule has 1 amide bonds. The molecule has 234 valence electrons. The summed E-state index contributed by atoms with van der Waals surface area (Å²) in [7, 11) is 0. The SMILES string of the molecule is CCOC(=O)c1c(CCCOc2cc(C)c(Cl)c(C)c2)c2ccc(Cl)cc2n1CCN1CCN(C(=O)OC(C)(C)C)CC1. The van der Waals surface area contributed by atoms with Gasteiger partial charge in [0.25, 0.3) is 0 Å². The van der Waals surface area contributed by atoms with Crippen molar-refractivity contribution in [1.29, 1.82) is 0 Å². The standard InChI is InChI=1S/C33H43Cl2N3O5/c1-7-41-31(39)30-27(9-8-18-42-25-19-22(2)29(35)23(3)20-25)26-11-10-24(34)21-28(26)38(30)17-14-36-12-15-37(16-13-36)32(40)43-33(4,5)6/h10-11,19-21H,7-9,12-18H2,1-6H3. The molecule has 2 aromatic carbocycles. The van der Waals surface area contributed by atoms with Crippen LogP contribution in [0.1, 0.15) is 61.3 Å². The molecule has 4 rings (SSSR count). The molecule has 1 aliphatic heterocycles. The molecule has 43 heavy (non-hydrogen) atoms. The Morgan fingerprint density at radius 1 is 0.953 bits per heavy atom. The number of ether oxygens (including phenoxy) is 3. The number of hydrogen-bond acceptors (Lipinski definition) is 6. The molecular formula is C33H43Cl2N3O5. The van der Waals surface area contributed by atoms with Crippen molar-refractivity contribution >= 4 is 46.2 Å². The van der Waals surface area contributed by atoms with Gasteiger partial charge in [0.05, 0.1) is 18.7 Å². The van der Waals surface area contributed by atoms with Crippen molar-refractivity contribution in [1.82, 2.24) is 14.4 Å². The molecule has 1 aromatic heterocycles. The van der Waals surface area contributed by atoms with Gasteiger partial charge >= 0.3 is 12.1 Å². The lowest BCUT2D eigenvalue weighted by Crippen LogP contribution is -2.50. The fourth-order valence-corrected chi connectivity index (χ4v) is 5.74. The molecule has 0 aliphatic carbocycles. The van der Waals surface area contributed by atoms with Crippen molar-refractivity contribution in [3.8, 4) is 5.75 Å². The van der Waals surface area contributed by atoms with Gasteiger partial charge in [0.1, 0.15) is 17.0 Å². The van der Waals surface area contributed by atoms with Crippen LogP contribution in [0.3, 0.4) is 0 Å². The summed E-state index contributed by atoms with van der Waals surface area (Å²) < 4.78 is 19.2. The minimum atomic E-state index is -0.522. The normalized spacial score (nSPS) is 14.3. The second kappa shape index (κ2) is 14.2. The summed E-state index contributed by atoms with van der Waals surface area (Å²) in [4.78, 5) is 29.9. The number of halogens is 2. The first kappa shape index (κ1) is 33.0. The van der Waals surface area contributed by atoms with E-state index in [2.05, 4.69) is 4.90 Å². The van der Waals surface area contributed by atoms with Gasteiger partial charge in [0, 0.05) is 54.7 Å². The monoisotopic (exact) mass is 631 g/mol. The Bertz CT molecular complexity index is 1430. The lowest BCUT2D eigenvalue weighted by Gasteiger charge is -2.35. The number of aromatic nitrogens is 1. The smallest absolute Gasteiger partial charge is 0.410 e. The Hall–Kier alpha value is -2.94. The maximum absolute atomic E-state index is 13.4. The lowest BCUT2D eigenvalue weighted by molar-refractivity contribution is 0.0142. The number of carbonyl (C=O) groups excluding carboxylic acids is 2. The van der Waals surface area contributed by atoms with Gasteiger partial charge in [-0.2, -0.15) is 0 Å².